The molecule has 0 aromatic heterocycles. The van der Waals surface area contributed by atoms with Gasteiger partial charge in [0.1, 0.15) is 5.82 Å². The van der Waals surface area contributed by atoms with Crippen LogP contribution in [0.4, 0.5) is 10.1 Å². The summed E-state index contributed by atoms with van der Waals surface area (Å²) in [5.41, 5.74) is 1.02. The number of carbonyl (C=O) groups excluding carboxylic acids is 2. The fourth-order valence-corrected chi connectivity index (χ4v) is 2.02. The Hall–Kier alpha value is -2.91. The first-order valence-electron chi connectivity index (χ1n) is 6.87. The van der Waals surface area contributed by atoms with Gasteiger partial charge < -0.3 is 10.1 Å². The summed E-state index contributed by atoms with van der Waals surface area (Å²) in [6.45, 7) is -0.555. The zero-order chi connectivity index (χ0) is 17.5. The third kappa shape index (κ3) is 4.80. The molecule has 5 nitrogen and oxygen atoms in total. The highest BCUT2D eigenvalue weighted by Gasteiger charge is 2.15. The molecule has 0 unspecified atom stereocenters. The molecule has 24 heavy (non-hydrogen) atoms. The highest BCUT2D eigenvalue weighted by molar-refractivity contribution is 6.30. The number of halogens is 2. The number of ether oxygens (including phenoxy) is 1. The molecule has 0 saturated heterocycles. The predicted octanol–water partition coefficient (Wildman–Crippen LogP) is 3.34. The van der Waals surface area contributed by atoms with Gasteiger partial charge >= 0.3 is 5.97 Å². The van der Waals surface area contributed by atoms with Crippen LogP contribution in [-0.4, -0.2) is 18.5 Å². The van der Waals surface area contributed by atoms with Crippen LogP contribution in [0.2, 0.25) is 5.02 Å². The first kappa shape index (κ1) is 17.4. The standard InChI is InChI=1S/C17H12ClFN2O3/c18-12-3-6-14(15(19)9-12)17(23)24-10-16(22)21-13-4-1-11(2-5-13)7-8-20/h1-6,9H,7,10H2,(H,21,22). The number of anilines is 1. The Morgan fingerprint density at radius 3 is 2.54 bits per heavy atom. The third-order valence-electron chi connectivity index (χ3n) is 3.01. The molecule has 2 aromatic rings. The quantitative estimate of drug-likeness (QED) is 0.842. The Morgan fingerprint density at radius 2 is 1.92 bits per heavy atom. The molecule has 0 atom stereocenters. The van der Waals surface area contributed by atoms with Crippen LogP contribution in [0.1, 0.15) is 15.9 Å². The van der Waals surface area contributed by atoms with Crippen molar-refractivity contribution in [2.45, 2.75) is 6.42 Å². The van der Waals surface area contributed by atoms with Gasteiger partial charge in [0.15, 0.2) is 6.61 Å². The molecular formula is C17H12ClFN2O3. The third-order valence-corrected chi connectivity index (χ3v) is 3.24. The summed E-state index contributed by atoms with van der Waals surface area (Å²) in [6.07, 6.45) is 0.276. The number of benzene rings is 2. The second-order valence-corrected chi connectivity index (χ2v) is 5.22. The van der Waals surface area contributed by atoms with Crippen LogP contribution in [0.25, 0.3) is 0 Å². The number of carbonyl (C=O) groups is 2. The van der Waals surface area contributed by atoms with Gasteiger partial charge in [-0.25, -0.2) is 9.18 Å². The van der Waals surface area contributed by atoms with E-state index in [9.17, 15) is 14.0 Å². The number of hydrogen-bond acceptors (Lipinski definition) is 4. The Balaban J connectivity index is 1.88. The maximum atomic E-state index is 13.6. The lowest BCUT2D eigenvalue weighted by Gasteiger charge is -2.07. The van der Waals surface area contributed by atoms with Gasteiger partial charge in [0.2, 0.25) is 0 Å². The molecule has 0 bridgehead atoms. The number of nitrogens with one attached hydrogen (secondary N) is 1. The van der Waals surface area contributed by atoms with E-state index in [0.717, 1.165) is 11.6 Å². The summed E-state index contributed by atoms with van der Waals surface area (Å²) < 4.78 is 18.3. The molecular weight excluding hydrogens is 335 g/mol. The van der Waals surface area contributed by atoms with E-state index in [1.54, 1.807) is 24.3 Å². The van der Waals surface area contributed by atoms with Crippen LogP contribution >= 0.6 is 11.6 Å². The highest BCUT2D eigenvalue weighted by atomic mass is 35.5. The van der Waals surface area contributed by atoms with Crippen molar-refractivity contribution in [3.8, 4) is 6.07 Å². The maximum Gasteiger partial charge on any atom is 0.341 e. The van der Waals surface area contributed by atoms with Gasteiger partial charge in [-0.1, -0.05) is 23.7 Å². The van der Waals surface area contributed by atoms with E-state index >= 15 is 0 Å². The summed E-state index contributed by atoms with van der Waals surface area (Å²) in [5.74, 6) is -2.34. The Kier molecular flexibility index (Phi) is 5.88. The van der Waals surface area contributed by atoms with Crippen LogP contribution in [0.15, 0.2) is 42.5 Å². The van der Waals surface area contributed by atoms with Crippen LogP contribution in [-0.2, 0) is 16.0 Å². The molecule has 0 aliphatic carbocycles. The van der Waals surface area contributed by atoms with Crippen molar-refractivity contribution in [3.05, 3.63) is 64.4 Å². The summed E-state index contributed by atoms with van der Waals surface area (Å²) >= 11 is 5.60. The molecule has 1 amide bonds. The lowest BCUT2D eigenvalue weighted by molar-refractivity contribution is -0.119. The minimum atomic E-state index is -0.955. The van der Waals surface area contributed by atoms with Crippen molar-refractivity contribution >= 4 is 29.2 Å². The summed E-state index contributed by atoms with van der Waals surface area (Å²) in [4.78, 5) is 23.5. The van der Waals surface area contributed by atoms with Crippen molar-refractivity contribution < 1.29 is 18.7 Å². The van der Waals surface area contributed by atoms with Gasteiger partial charge in [-0.2, -0.15) is 5.26 Å². The first-order chi connectivity index (χ1) is 11.5. The van der Waals surface area contributed by atoms with E-state index in [4.69, 9.17) is 21.6 Å². The normalized spacial score (nSPS) is 9.88. The van der Waals surface area contributed by atoms with Gasteiger partial charge in [-0.15, -0.1) is 0 Å². The molecule has 0 saturated carbocycles. The zero-order valence-electron chi connectivity index (χ0n) is 12.4. The zero-order valence-corrected chi connectivity index (χ0v) is 13.1. The monoisotopic (exact) mass is 346 g/mol. The Labute approximate surface area is 142 Å². The molecule has 0 aliphatic rings. The average Bonchev–Trinajstić information content (AvgIpc) is 2.55. The molecule has 0 spiro atoms. The van der Waals surface area contributed by atoms with E-state index in [1.807, 2.05) is 6.07 Å². The first-order valence-corrected chi connectivity index (χ1v) is 7.25. The minimum Gasteiger partial charge on any atom is -0.452 e. The minimum absolute atomic E-state index is 0.154. The predicted molar refractivity (Wildman–Crippen MR) is 86.1 cm³/mol. The van der Waals surface area contributed by atoms with Crippen molar-refractivity contribution in [1.82, 2.24) is 0 Å². The average molecular weight is 347 g/mol. The second-order valence-electron chi connectivity index (χ2n) is 4.78. The topological polar surface area (TPSA) is 79.2 Å². The van der Waals surface area contributed by atoms with Crippen LogP contribution < -0.4 is 5.32 Å². The number of rotatable bonds is 5. The summed E-state index contributed by atoms with van der Waals surface area (Å²) in [7, 11) is 0. The molecule has 1 N–H and O–H groups in total. The number of esters is 1. The lowest BCUT2D eigenvalue weighted by Crippen LogP contribution is -2.21. The van der Waals surface area contributed by atoms with Gasteiger partial charge in [0, 0.05) is 10.7 Å². The van der Waals surface area contributed by atoms with Gasteiger partial charge in [0.25, 0.3) is 5.91 Å². The number of hydrogen-bond donors (Lipinski definition) is 1. The van der Waals surface area contributed by atoms with E-state index in [2.05, 4.69) is 5.32 Å². The molecule has 122 valence electrons. The van der Waals surface area contributed by atoms with Crippen molar-refractivity contribution in [2.75, 3.05) is 11.9 Å². The van der Waals surface area contributed by atoms with Gasteiger partial charge in [-0.05, 0) is 35.9 Å². The smallest absolute Gasteiger partial charge is 0.341 e. The molecule has 2 aromatic carbocycles. The molecule has 0 heterocycles. The van der Waals surface area contributed by atoms with Gasteiger partial charge in [-0.3, -0.25) is 4.79 Å². The van der Waals surface area contributed by atoms with Crippen molar-refractivity contribution in [1.29, 1.82) is 5.26 Å². The Bertz CT molecular complexity index is 800. The number of nitrogens with zero attached hydrogens (tertiary/aromatic N) is 1. The van der Waals surface area contributed by atoms with E-state index in [1.165, 1.54) is 12.1 Å². The molecule has 2 rings (SSSR count). The Morgan fingerprint density at radius 1 is 1.21 bits per heavy atom. The SMILES string of the molecule is N#CCc1ccc(NC(=O)COC(=O)c2ccc(Cl)cc2F)cc1. The van der Waals surface area contributed by atoms with E-state index in [-0.39, 0.29) is 17.0 Å². The molecule has 0 fully saturated rings. The summed E-state index contributed by atoms with van der Waals surface area (Å²) in [6, 6.07) is 12.2. The second kappa shape index (κ2) is 8.09. The van der Waals surface area contributed by atoms with E-state index in [0.29, 0.717) is 5.69 Å². The van der Waals surface area contributed by atoms with Crippen molar-refractivity contribution in [3.63, 3.8) is 0 Å². The highest BCUT2D eigenvalue weighted by Crippen LogP contribution is 2.15. The lowest BCUT2D eigenvalue weighted by atomic mass is 10.1. The van der Waals surface area contributed by atoms with Gasteiger partial charge in [0.05, 0.1) is 18.1 Å². The van der Waals surface area contributed by atoms with Crippen LogP contribution in [0.3, 0.4) is 0 Å². The van der Waals surface area contributed by atoms with Crippen LogP contribution in [0.5, 0.6) is 0 Å². The van der Waals surface area contributed by atoms with Crippen molar-refractivity contribution in [2.24, 2.45) is 0 Å². The molecule has 7 heteroatoms. The van der Waals surface area contributed by atoms with Crippen LogP contribution in [0, 0.1) is 17.1 Å². The fourth-order valence-electron chi connectivity index (χ4n) is 1.86. The largest absolute Gasteiger partial charge is 0.452 e. The number of nitriles is 1. The molecule has 0 aliphatic heterocycles. The van der Waals surface area contributed by atoms with E-state index < -0.39 is 24.3 Å². The number of amides is 1. The fraction of sp³-hybridized carbons (Fsp3) is 0.118. The maximum absolute atomic E-state index is 13.6. The molecule has 0 radical (unpaired) electrons. The summed E-state index contributed by atoms with van der Waals surface area (Å²) in [5, 5.41) is 11.3.